The average molecular weight is 753 g/mol. The summed E-state index contributed by atoms with van der Waals surface area (Å²) in [6.45, 7) is 0. The average Bonchev–Trinajstić information content (AvgIpc) is 3.97. The Labute approximate surface area is 337 Å². The van der Waals surface area contributed by atoms with Crippen LogP contribution in [0, 0.1) is 0 Å². The SMILES string of the molecule is c1ccc(-c2nc(-c3cccc(-n4c5ccc6c7ccccc7oc6c5c5ccc6c7ccccc7n(-c7ccc8ccccc8c7)c6c54)c3)nc3ccccc23)cc1. The quantitative estimate of drug-likeness (QED) is 0.180. The summed E-state index contributed by atoms with van der Waals surface area (Å²) in [6.07, 6.45) is 0. The van der Waals surface area contributed by atoms with Crippen LogP contribution < -0.4 is 0 Å². The van der Waals surface area contributed by atoms with E-state index in [4.69, 9.17) is 14.4 Å². The number of benzene rings is 9. The molecule has 0 spiro atoms. The maximum absolute atomic E-state index is 6.81. The van der Waals surface area contributed by atoms with Gasteiger partial charge in [0.15, 0.2) is 5.82 Å². The third-order valence-electron chi connectivity index (χ3n) is 12.1. The van der Waals surface area contributed by atoms with Crippen molar-refractivity contribution in [1.82, 2.24) is 19.1 Å². The standard InChI is InChI=1S/C54H32N4O/c1-2-14-34(15-3-1)50-43-21-6-9-22-45(43)55-54(56-50)36-17-12-18-37(32-36)58-47-30-29-42-40-20-8-11-24-48(40)59-53(42)49(47)44-28-27-41-39-19-7-10-23-46(39)57(51(41)52(44)58)38-26-25-33-13-4-5-16-35(33)31-38/h1-32H. The van der Waals surface area contributed by atoms with E-state index < -0.39 is 0 Å². The van der Waals surface area contributed by atoms with Crippen LogP contribution in [0.3, 0.4) is 0 Å². The number of para-hydroxylation sites is 3. The van der Waals surface area contributed by atoms with Crippen LogP contribution in [0.2, 0.25) is 0 Å². The Hall–Kier alpha value is -8.02. The molecule has 4 aromatic heterocycles. The third-order valence-corrected chi connectivity index (χ3v) is 12.1. The van der Waals surface area contributed by atoms with E-state index in [1.807, 2.05) is 18.2 Å². The maximum atomic E-state index is 6.81. The molecule has 4 heterocycles. The van der Waals surface area contributed by atoms with Gasteiger partial charge in [-0.2, -0.15) is 0 Å². The Morgan fingerprint density at radius 1 is 0.390 bits per heavy atom. The van der Waals surface area contributed by atoms with Crippen molar-refractivity contribution in [3.05, 3.63) is 194 Å². The highest BCUT2D eigenvalue weighted by Gasteiger charge is 2.24. The molecule has 0 saturated heterocycles. The van der Waals surface area contributed by atoms with Gasteiger partial charge >= 0.3 is 0 Å². The highest BCUT2D eigenvalue weighted by molar-refractivity contribution is 6.29. The van der Waals surface area contributed by atoms with Gasteiger partial charge in [0.1, 0.15) is 11.2 Å². The highest BCUT2D eigenvalue weighted by Crippen LogP contribution is 2.45. The molecule has 5 heteroatoms. The van der Waals surface area contributed by atoms with E-state index in [-0.39, 0.29) is 0 Å². The Morgan fingerprint density at radius 2 is 1.07 bits per heavy atom. The molecule has 0 unspecified atom stereocenters. The van der Waals surface area contributed by atoms with Gasteiger partial charge in [0.25, 0.3) is 0 Å². The van der Waals surface area contributed by atoms with Crippen molar-refractivity contribution in [2.45, 2.75) is 0 Å². The number of furan rings is 1. The second kappa shape index (κ2) is 12.2. The van der Waals surface area contributed by atoms with Crippen molar-refractivity contribution in [2.75, 3.05) is 0 Å². The summed E-state index contributed by atoms with van der Waals surface area (Å²) < 4.78 is 11.7. The van der Waals surface area contributed by atoms with Gasteiger partial charge in [-0.05, 0) is 65.4 Å². The molecule has 0 aliphatic carbocycles. The Bertz CT molecular complexity index is 3850. The first-order chi connectivity index (χ1) is 29.3. The number of nitrogens with zero attached hydrogens (tertiary/aromatic N) is 4. The lowest BCUT2D eigenvalue weighted by Crippen LogP contribution is -2.00. The Morgan fingerprint density at radius 3 is 1.98 bits per heavy atom. The topological polar surface area (TPSA) is 48.8 Å². The molecule has 59 heavy (non-hydrogen) atoms. The lowest BCUT2D eigenvalue weighted by Gasteiger charge is -2.14. The summed E-state index contributed by atoms with van der Waals surface area (Å²) in [4.78, 5) is 10.4. The van der Waals surface area contributed by atoms with Crippen LogP contribution in [0.4, 0.5) is 0 Å². The molecule has 0 N–H and O–H groups in total. The summed E-state index contributed by atoms with van der Waals surface area (Å²) in [7, 11) is 0. The summed E-state index contributed by atoms with van der Waals surface area (Å²) in [5.41, 5.74) is 12.2. The minimum Gasteiger partial charge on any atom is -0.455 e. The van der Waals surface area contributed by atoms with Crippen molar-refractivity contribution in [1.29, 1.82) is 0 Å². The van der Waals surface area contributed by atoms with E-state index in [1.54, 1.807) is 0 Å². The smallest absolute Gasteiger partial charge is 0.160 e. The summed E-state index contributed by atoms with van der Waals surface area (Å²) in [5.74, 6) is 0.681. The summed E-state index contributed by atoms with van der Waals surface area (Å²) >= 11 is 0. The fourth-order valence-electron chi connectivity index (χ4n) is 9.47. The predicted octanol–water partition coefficient (Wildman–Crippen LogP) is 14.2. The molecule has 274 valence electrons. The monoisotopic (exact) mass is 752 g/mol. The lowest BCUT2D eigenvalue weighted by molar-refractivity contribution is 0.673. The zero-order valence-electron chi connectivity index (χ0n) is 31.7. The van der Waals surface area contributed by atoms with Gasteiger partial charge in [-0.1, -0.05) is 140 Å². The molecule has 5 nitrogen and oxygen atoms in total. The molecule has 0 bridgehead atoms. The molecule has 13 rings (SSSR count). The van der Waals surface area contributed by atoms with Crippen LogP contribution in [0.15, 0.2) is 199 Å². The van der Waals surface area contributed by atoms with Gasteiger partial charge in [0.05, 0.1) is 38.7 Å². The first kappa shape index (κ1) is 32.1. The molecule has 0 aliphatic heterocycles. The summed E-state index contributed by atoms with van der Waals surface area (Å²) in [6, 6.07) is 68.9. The number of aromatic nitrogens is 4. The van der Waals surface area contributed by atoms with E-state index in [2.05, 4.69) is 185 Å². The largest absolute Gasteiger partial charge is 0.455 e. The molecular formula is C54H32N4O. The first-order valence-corrected chi connectivity index (χ1v) is 20.0. The van der Waals surface area contributed by atoms with Crippen LogP contribution in [-0.4, -0.2) is 19.1 Å². The van der Waals surface area contributed by atoms with Crippen molar-refractivity contribution in [3.8, 4) is 34.0 Å². The molecular weight excluding hydrogens is 721 g/mol. The lowest BCUT2D eigenvalue weighted by atomic mass is 10.1. The molecule has 0 amide bonds. The second-order valence-electron chi connectivity index (χ2n) is 15.3. The fourth-order valence-corrected chi connectivity index (χ4v) is 9.47. The van der Waals surface area contributed by atoms with Crippen molar-refractivity contribution in [2.24, 2.45) is 0 Å². The molecule has 0 saturated carbocycles. The first-order valence-electron chi connectivity index (χ1n) is 20.0. The van der Waals surface area contributed by atoms with Crippen LogP contribution in [0.25, 0.3) is 121 Å². The van der Waals surface area contributed by atoms with Crippen LogP contribution in [0.1, 0.15) is 0 Å². The summed E-state index contributed by atoms with van der Waals surface area (Å²) in [5, 5.41) is 10.3. The zero-order chi connectivity index (χ0) is 38.6. The van der Waals surface area contributed by atoms with Gasteiger partial charge in [-0.15, -0.1) is 0 Å². The fraction of sp³-hybridized carbons (Fsp3) is 0. The van der Waals surface area contributed by atoms with Gasteiger partial charge < -0.3 is 13.6 Å². The van der Waals surface area contributed by atoms with E-state index in [1.165, 1.54) is 21.5 Å². The predicted molar refractivity (Wildman–Crippen MR) is 244 cm³/mol. The van der Waals surface area contributed by atoms with Crippen molar-refractivity contribution >= 4 is 87.2 Å². The molecule has 0 aliphatic rings. The molecule has 0 radical (unpaired) electrons. The van der Waals surface area contributed by atoms with Crippen LogP contribution >= 0.6 is 0 Å². The molecule has 0 atom stereocenters. The Balaban J connectivity index is 1.16. The molecule has 0 fully saturated rings. The third kappa shape index (κ3) is 4.67. The van der Waals surface area contributed by atoms with Gasteiger partial charge in [0, 0.05) is 54.8 Å². The van der Waals surface area contributed by atoms with Gasteiger partial charge in [0.2, 0.25) is 0 Å². The number of hydrogen-bond acceptors (Lipinski definition) is 3. The number of rotatable bonds is 4. The van der Waals surface area contributed by atoms with Crippen molar-refractivity contribution in [3.63, 3.8) is 0 Å². The molecule has 9 aromatic carbocycles. The van der Waals surface area contributed by atoms with E-state index >= 15 is 0 Å². The van der Waals surface area contributed by atoms with E-state index in [0.29, 0.717) is 5.82 Å². The highest BCUT2D eigenvalue weighted by atomic mass is 16.3. The Kier molecular flexibility index (Phi) is 6.66. The maximum Gasteiger partial charge on any atom is 0.160 e. The second-order valence-corrected chi connectivity index (χ2v) is 15.3. The van der Waals surface area contributed by atoms with Crippen molar-refractivity contribution < 1.29 is 4.42 Å². The minimum atomic E-state index is 0.681. The van der Waals surface area contributed by atoms with E-state index in [0.717, 1.165) is 93.9 Å². The van der Waals surface area contributed by atoms with E-state index in [9.17, 15) is 0 Å². The number of fused-ring (bicyclic) bond motifs is 13. The zero-order valence-corrected chi connectivity index (χ0v) is 31.7. The minimum absolute atomic E-state index is 0.681. The van der Waals surface area contributed by atoms with Gasteiger partial charge in [-0.25, -0.2) is 9.97 Å². The van der Waals surface area contributed by atoms with Gasteiger partial charge in [-0.3, -0.25) is 0 Å². The normalized spacial score (nSPS) is 12.1. The van der Waals surface area contributed by atoms with Crippen LogP contribution in [0.5, 0.6) is 0 Å². The number of hydrogen-bond donors (Lipinski definition) is 0. The van der Waals surface area contributed by atoms with Crippen LogP contribution in [-0.2, 0) is 0 Å². The molecule has 13 aromatic rings.